The minimum absolute atomic E-state index is 0.272. The molecule has 0 aliphatic rings. The topological polar surface area (TPSA) is 38.0 Å². The van der Waals surface area contributed by atoms with Gasteiger partial charge in [-0.2, -0.15) is 0 Å². The molecule has 3 heteroatoms. The minimum Gasteiger partial charge on any atom is -0.508 e. The highest BCUT2D eigenvalue weighted by Crippen LogP contribution is 2.21. The lowest BCUT2D eigenvalue weighted by atomic mass is 10.1. The molecule has 0 unspecified atom stereocenters. The molecule has 0 saturated heterocycles. The monoisotopic (exact) mass is 188 g/mol. The second kappa shape index (κ2) is 3.54. The van der Waals surface area contributed by atoms with Gasteiger partial charge in [0, 0.05) is 18.3 Å². The van der Waals surface area contributed by atoms with Crippen molar-refractivity contribution in [1.82, 2.24) is 9.55 Å². The lowest BCUT2D eigenvalue weighted by molar-refractivity contribution is 0.475. The lowest BCUT2D eigenvalue weighted by Gasteiger charge is -1.97. The van der Waals surface area contributed by atoms with Crippen molar-refractivity contribution in [3.63, 3.8) is 0 Å². The molecule has 1 aromatic heterocycles. The van der Waals surface area contributed by atoms with E-state index in [4.69, 9.17) is 0 Å². The Bertz CT molecular complexity index is 434. The molecule has 1 aromatic carbocycles. The fraction of sp³-hybridized carbons (Fsp3) is 0.182. The number of hydrogen-bond acceptors (Lipinski definition) is 2. The second-order valence-corrected chi connectivity index (χ2v) is 3.14. The standard InChI is InChI=1S/C11H12N2O/c1-2-13-7-11(12-8-13)9-4-3-5-10(14)6-9/h3-8,14H,2H2,1H3. The Morgan fingerprint density at radius 2 is 2.29 bits per heavy atom. The average molecular weight is 188 g/mol. The highest BCUT2D eigenvalue weighted by atomic mass is 16.3. The third-order valence-corrected chi connectivity index (χ3v) is 2.14. The van der Waals surface area contributed by atoms with Crippen LogP contribution >= 0.6 is 0 Å². The lowest BCUT2D eigenvalue weighted by Crippen LogP contribution is -1.86. The SMILES string of the molecule is CCn1cnc(-c2cccc(O)c2)c1. The Morgan fingerprint density at radius 3 is 2.93 bits per heavy atom. The van der Waals surface area contributed by atoms with Crippen molar-refractivity contribution in [2.45, 2.75) is 13.5 Å². The van der Waals surface area contributed by atoms with Crippen molar-refractivity contribution in [3.8, 4) is 17.0 Å². The molecule has 3 nitrogen and oxygen atoms in total. The Morgan fingerprint density at radius 1 is 1.43 bits per heavy atom. The zero-order chi connectivity index (χ0) is 9.97. The van der Waals surface area contributed by atoms with E-state index in [0.717, 1.165) is 17.8 Å². The van der Waals surface area contributed by atoms with Gasteiger partial charge in [-0.05, 0) is 19.1 Å². The van der Waals surface area contributed by atoms with Crippen LogP contribution in [-0.2, 0) is 6.54 Å². The van der Waals surface area contributed by atoms with E-state index in [0.29, 0.717) is 0 Å². The van der Waals surface area contributed by atoms with Gasteiger partial charge in [-0.1, -0.05) is 12.1 Å². The van der Waals surface area contributed by atoms with Gasteiger partial charge in [0.15, 0.2) is 0 Å². The van der Waals surface area contributed by atoms with E-state index in [9.17, 15) is 5.11 Å². The molecule has 1 N–H and O–H groups in total. The fourth-order valence-electron chi connectivity index (χ4n) is 1.35. The number of aryl methyl sites for hydroxylation is 1. The molecule has 0 atom stereocenters. The molecule has 0 aliphatic heterocycles. The van der Waals surface area contributed by atoms with Crippen molar-refractivity contribution < 1.29 is 5.11 Å². The van der Waals surface area contributed by atoms with Crippen LogP contribution in [-0.4, -0.2) is 14.7 Å². The molecule has 0 bridgehead atoms. The van der Waals surface area contributed by atoms with Gasteiger partial charge >= 0.3 is 0 Å². The van der Waals surface area contributed by atoms with Gasteiger partial charge in [0.05, 0.1) is 12.0 Å². The van der Waals surface area contributed by atoms with Gasteiger partial charge < -0.3 is 9.67 Å². The van der Waals surface area contributed by atoms with E-state index < -0.39 is 0 Å². The van der Waals surface area contributed by atoms with Crippen molar-refractivity contribution in [2.75, 3.05) is 0 Å². The quantitative estimate of drug-likeness (QED) is 0.785. The van der Waals surface area contributed by atoms with Crippen LogP contribution in [0.15, 0.2) is 36.8 Å². The molecule has 0 fully saturated rings. The van der Waals surface area contributed by atoms with E-state index in [1.165, 1.54) is 0 Å². The molecule has 2 rings (SSSR count). The number of phenolic OH excluding ortho intramolecular Hbond substituents is 1. The molecule has 0 spiro atoms. The molecule has 0 aliphatic carbocycles. The first-order chi connectivity index (χ1) is 6.79. The number of aromatic hydroxyl groups is 1. The van der Waals surface area contributed by atoms with Gasteiger partial charge in [-0.25, -0.2) is 4.98 Å². The van der Waals surface area contributed by atoms with Gasteiger partial charge in [-0.3, -0.25) is 0 Å². The van der Waals surface area contributed by atoms with Gasteiger partial charge in [-0.15, -0.1) is 0 Å². The summed E-state index contributed by atoms with van der Waals surface area (Å²) >= 11 is 0. The summed E-state index contributed by atoms with van der Waals surface area (Å²) in [5.74, 6) is 0.272. The normalized spacial score (nSPS) is 10.4. The molecule has 0 amide bonds. The number of imidazole rings is 1. The Labute approximate surface area is 82.7 Å². The van der Waals surface area contributed by atoms with Gasteiger partial charge in [0.2, 0.25) is 0 Å². The maximum absolute atomic E-state index is 9.30. The van der Waals surface area contributed by atoms with Crippen molar-refractivity contribution >= 4 is 0 Å². The minimum atomic E-state index is 0.272. The summed E-state index contributed by atoms with van der Waals surface area (Å²) in [6.07, 6.45) is 3.76. The van der Waals surface area contributed by atoms with Crippen LogP contribution in [0.3, 0.4) is 0 Å². The van der Waals surface area contributed by atoms with E-state index in [1.807, 2.05) is 22.9 Å². The zero-order valence-corrected chi connectivity index (χ0v) is 8.01. The maximum atomic E-state index is 9.30. The Hall–Kier alpha value is -1.77. The van der Waals surface area contributed by atoms with E-state index >= 15 is 0 Å². The first-order valence-electron chi connectivity index (χ1n) is 4.61. The predicted molar refractivity (Wildman–Crippen MR) is 55.0 cm³/mol. The number of benzene rings is 1. The molecule has 14 heavy (non-hydrogen) atoms. The van der Waals surface area contributed by atoms with Crippen LogP contribution < -0.4 is 0 Å². The highest BCUT2D eigenvalue weighted by Gasteiger charge is 2.01. The Balaban J connectivity index is 2.39. The smallest absolute Gasteiger partial charge is 0.116 e. The van der Waals surface area contributed by atoms with Crippen LogP contribution in [0.25, 0.3) is 11.3 Å². The maximum Gasteiger partial charge on any atom is 0.116 e. The summed E-state index contributed by atoms with van der Waals surface area (Å²) in [7, 11) is 0. The third-order valence-electron chi connectivity index (χ3n) is 2.14. The van der Waals surface area contributed by atoms with Gasteiger partial charge in [0.25, 0.3) is 0 Å². The fourth-order valence-corrected chi connectivity index (χ4v) is 1.35. The number of hydrogen-bond donors (Lipinski definition) is 1. The van der Waals surface area contributed by atoms with Crippen LogP contribution in [0, 0.1) is 0 Å². The first-order valence-corrected chi connectivity index (χ1v) is 4.61. The summed E-state index contributed by atoms with van der Waals surface area (Å²) in [5, 5.41) is 9.30. The van der Waals surface area contributed by atoms with Crippen molar-refractivity contribution in [1.29, 1.82) is 0 Å². The molecular weight excluding hydrogens is 176 g/mol. The van der Waals surface area contributed by atoms with Crippen molar-refractivity contribution in [2.24, 2.45) is 0 Å². The molecule has 0 radical (unpaired) electrons. The van der Waals surface area contributed by atoms with E-state index in [-0.39, 0.29) is 5.75 Å². The van der Waals surface area contributed by atoms with Crippen LogP contribution in [0.1, 0.15) is 6.92 Å². The average Bonchev–Trinajstić information content (AvgIpc) is 2.66. The predicted octanol–water partition coefficient (Wildman–Crippen LogP) is 2.28. The summed E-state index contributed by atoms with van der Waals surface area (Å²) in [6.45, 7) is 2.97. The number of phenols is 1. The molecule has 1 heterocycles. The number of aromatic nitrogens is 2. The van der Waals surface area contributed by atoms with Crippen LogP contribution in [0.2, 0.25) is 0 Å². The molecule has 72 valence electrons. The highest BCUT2D eigenvalue weighted by molar-refractivity contribution is 5.60. The van der Waals surface area contributed by atoms with Crippen LogP contribution in [0.4, 0.5) is 0 Å². The second-order valence-electron chi connectivity index (χ2n) is 3.14. The summed E-state index contributed by atoms with van der Waals surface area (Å²) in [5.41, 5.74) is 1.83. The number of nitrogens with zero attached hydrogens (tertiary/aromatic N) is 2. The van der Waals surface area contributed by atoms with E-state index in [1.54, 1.807) is 18.5 Å². The molecule has 0 saturated carbocycles. The third kappa shape index (κ3) is 1.62. The van der Waals surface area contributed by atoms with Crippen molar-refractivity contribution in [3.05, 3.63) is 36.8 Å². The summed E-state index contributed by atoms with van der Waals surface area (Å²) in [4.78, 5) is 4.25. The molecule has 2 aromatic rings. The summed E-state index contributed by atoms with van der Waals surface area (Å²) in [6, 6.07) is 7.11. The van der Waals surface area contributed by atoms with Gasteiger partial charge in [0.1, 0.15) is 5.75 Å². The summed E-state index contributed by atoms with van der Waals surface area (Å²) < 4.78 is 2.00. The van der Waals surface area contributed by atoms with E-state index in [2.05, 4.69) is 11.9 Å². The number of rotatable bonds is 2. The largest absolute Gasteiger partial charge is 0.508 e. The first kappa shape index (κ1) is 8.81. The van der Waals surface area contributed by atoms with Crippen LogP contribution in [0.5, 0.6) is 5.75 Å². The Kier molecular flexibility index (Phi) is 2.23. The zero-order valence-electron chi connectivity index (χ0n) is 8.01. The molecular formula is C11H12N2O.